The third-order valence-electron chi connectivity index (χ3n) is 2.81. The van der Waals surface area contributed by atoms with Gasteiger partial charge in [-0.1, -0.05) is 12.8 Å². The highest BCUT2D eigenvalue weighted by Crippen LogP contribution is 2.10. The van der Waals surface area contributed by atoms with E-state index in [1.54, 1.807) is 5.48 Å². The number of benzene rings is 1. The van der Waals surface area contributed by atoms with Gasteiger partial charge >= 0.3 is 0 Å². The zero-order valence-electron chi connectivity index (χ0n) is 11.2. The molecule has 0 spiro atoms. The highest BCUT2D eigenvalue weighted by Gasteiger charge is 2.03. The predicted octanol–water partition coefficient (Wildman–Crippen LogP) is 2.61. The SMILES string of the molecule is O=C(CCCCCCC(=O)Nc1ccc([18F])cc1)NO. The van der Waals surface area contributed by atoms with Crippen molar-refractivity contribution < 1.29 is 19.2 Å². The van der Waals surface area contributed by atoms with Gasteiger partial charge in [-0.3, -0.25) is 14.8 Å². The number of halogens is 1. The summed E-state index contributed by atoms with van der Waals surface area (Å²) in [5.41, 5.74) is 2.16. The van der Waals surface area contributed by atoms with Crippen LogP contribution in [0.5, 0.6) is 0 Å². The number of rotatable bonds is 8. The minimum Gasteiger partial charge on any atom is -0.326 e. The third kappa shape index (κ3) is 6.84. The molecule has 0 unspecified atom stereocenters. The molecule has 5 nitrogen and oxygen atoms in total. The quantitative estimate of drug-likeness (QED) is 0.389. The van der Waals surface area contributed by atoms with E-state index in [0.717, 1.165) is 19.3 Å². The standard InChI is InChI=1S/C14H19FN2O3/c15-11-7-9-12(10-8-11)16-13(18)5-3-1-2-4-6-14(19)17-20/h7-10,20H,1-6H2,(H,16,18)(H,17,19)/i15-1. The molecule has 1 aromatic rings. The van der Waals surface area contributed by atoms with Gasteiger partial charge < -0.3 is 5.32 Å². The summed E-state index contributed by atoms with van der Waals surface area (Å²) in [5.74, 6) is -0.835. The summed E-state index contributed by atoms with van der Waals surface area (Å²) in [5, 5.41) is 11.0. The Bertz CT molecular complexity index is 435. The van der Waals surface area contributed by atoms with Crippen LogP contribution in [0.4, 0.5) is 10.1 Å². The number of nitrogens with one attached hydrogen (secondary N) is 2. The summed E-state index contributed by atoms with van der Waals surface area (Å²) in [6.07, 6.45) is 3.77. The number of unbranched alkanes of at least 4 members (excludes halogenated alkanes) is 3. The van der Waals surface area contributed by atoms with Gasteiger partial charge in [-0.15, -0.1) is 0 Å². The fraction of sp³-hybridized carbons (Fsp3) is 0.429. The summed E-state index contributed by atoms with van der Waals surface area (Å²) >= 11 is 0. The molecule has 0 saturated heterocycles. The summed E-state index contributed by atoms with van der Waals surface area (Å²) in [6.45, 7) is 0. The Kier molecular flexibility index (Phi) is 7.27. The molecule has 2 amide bonds. The van der Waals surface area contributed by atoms with Gasteiger partial charge in [0.25, 0.3) is 0 Å². The monoisotopic (exact) mass is 281 g/mol. The second kappa shape index (κ2) is 9.03. The Morgan fingerprint density at radius 2 is 1.50 bits per heavy atom. The molecule has 0 bridgehead atoms. The number of hydrogen-bond acceptors (Lipinski definition) is 3. The fourth-order valence-corrected chi connectivity index (χ4v) is 1.74. The van der Waals surface area contributed by atoms with Crippen LogP contribution in [0.3, 0.4) is 0 Å². The van der Waals surface area contributed by atoms with E-state index in [4.69, 9.17) is 5.21 Å². The van der Waals surface area contributed by atoms with E-state index in [0.29, 0.717) is 18.5 Å². The molecule has 0 aromatic heterocycles. The van der Waals surface area contributed by atoms with Crippen molar-refractivity contribution >= 4 is 17.5 Å². The lowest BCUT2D eigenvalue weighted by Gasteiger charge is -2.05. The zero-order valence-corrected chi connectivity index (χ0v) is 11.2. The van der Waals surface area contributed by atoms with Crippen LogP contribution in [-0.2, 0) is 9.59 Å². The second-order valence-electron chi connectivity index (χ2n) is 4.50. The first-order valence-corrected chi connectivity index (χ1v) is 6.60. The molecule has 0 aliphatic rings. The Morgan fingerprint density at radius 1 is 0.950 bits per heavy atom. The maximum Gasteiger partial charge on any atom is 0.243 e. The van der Waals surface area contributed by atoms with Gasteiger partial charge in [-0.05, 0) is 37.1 Å². The van der Waals surface area contributed by atoms with Crippen molar-refractivity contribution in [1.29, 1.82) is 0 Å². The van der Waals surface area contributed by atoms with Crippen LogP contribution >= 0.6 is 0 Å². The van der Waals surface area contributed by atoms with E-state index in [9.17, 15) is 14.0 Å². The first-order valence-electron chi connectivity index (χ1n) is 6.60. The van der Waals surface area contributed by atoms with E-state index in [2.05, 4.69) is 5.32 Å². The molecule has 3 N–H and O–H groups in total. The van der Waals surface area contributed by atoms with Crippen LogP contribution in [0.25, 0.3) is 0 Å². The average Bonchev–Trinajstić information content (AvgIpc) is 2.44. The van der Waals surface area contributed by atoms with Crippen molar-refractivity contribution in [3.8, 4) is 0 Å². The van der Waals surface area contributed by atoms with E-state index in [-0.39, 0.29) is 24.1 Å². The third-order valence-corrected chi connectivity index (χ3v) is 2.81. The number of carbonyl (C=O) groups excluding carboxylic acids is 2. The van der Waals surface area contributed by atoms with Gasteiger partial charge in [-0.2, -0.15) is 0 Å². The molecule has 1 aromatic carbocycles. The van der Waals surface area contributed by atoms with Gasteiger partial charge in [0.2, 0.25) is 11.8 Å². The van der Waals surface area contributed by atoms with Crippen molar-refractivity contribution in [1.82, 2.24) is 5.48 Å². The van der Waals surface area contributed by atoms with Gasteiger partial charge in [0.05, 0.1) is 0 Å². The number of carbonyl (C=O) groups is 2. The number of hydrogen-bond donors (Lipinski definition) is 3. The molecule has 0 atom stereocenters. The molecule has 110 valence electrons. The first-order chi connectivity index (χ1) is 9.61. The molecular weight excluding hydrogens is 262 g/mol. The lowest BCUT2D eigenvalue weighted by molar-refractivity contribution is -0.129. The van der Waals surface area contributed by atoms with Gasteiger partial charge in [-0.25, -0.2) is 9.87 Å². The van der Waals surface area contributed by atoms with Gasteiger partial charge in [0, 0.05) is 18.5 Å². The van der Waals surface area contributed by atoms with Gasteiger partial charge in [0.1, 0.15) is 5.82 Å². The van der Waals surface area contributed by atoms with E-state index >= 15 is 0 Å². The Labute approximate surface area is 117 Å². The Morgan fingerprint density at radius 3 is 2.05 bits per heavy atom. The molecule has 0 aliphatic heterocycles. The highest BCUT2D eigenvalue weighted by molar-refractivity contribution is 5.90. The summed E-state index contributed by atoms with van der Waals surface area (Å²) in [4.78, 5) is 22.3. The van der Waals surface area contributed by atoms with Crippen LogP contribution in [0, 0.1) is 5.82 Å². The largest absolute Gasteiger partial charge is 0.326 e. The van der Waals surface area contributed by atoms with Gasteiger partial charge in [0.15, 0.2) is 0 Å². The van der Waals surface area contributed by atoms with Crippen molar-refractivity contribution in [3.63, 3.8) is 0 Å². The number of anilines is 1. The molecule has 0 fully saturated rings. The predicted molar refractivity (Wildman–Crippen MR) is 72.7 cm³/mol. The molecule has 0 heterocycles. The first kappa shape index (κ1) is 16.1. The minimum atomic E-state index is -0.390. The van der Waals surface area contributed by atoms with E-state index < -0.39 is 0 Å². The maximum atomic E-state index is 12.7. The Hall–Kier alpha value is -1.95. The van der Waals surface area contributed by atoms with Crippen molar-refractivity contribution in [2.24, 2.45) is 0 Å². The molecule has 0 saturated carbocycles. The molecule has 0 radical (unpaired) electrons. The van der Waals surface area contributed by atoms with Crippen molar-refractivity contribution in [3.05, 3.63) is 30.1 Å². The average molecular weight is 281 g/mol. The van der Waals surface area contributed by atoms with Crippen LogP contribution in [-0.4, -0.2) is 17.0 Å². The zero-order chi connectivity index (χ0) is 14.8. The Balaban J connectivity index is 2.08. The lowest BCUT2D eigenvalue weighted by atomic mass is 10.1. The van der Waals surface area contributed by atoms with Crippen LogP contribution in [0.1, 0.15) is 38.5 Å². The van der Waals surface area contributed by atoms with E-state index in [1.807, 2.05) is 0 Å². The molecule has 1 rings (SSSR count). The normalized spacial score (nSPS) is 10.1. The summed E-state index contributed by atoms with van der Waals surface area (Å²) in [7, 11) is 0. The van der Waals surface area contributed by atoms with Crippen LogP contribution in [0.2, 0.25) is 0 Å². The van der Waals surface area contributed by atoms with Crippen molar-refractivity contribution in [2.45, 2.75) is 38.5 Å². The number of hydroxylamine groups is 1. The lowest BCUT2D eigenvalue weighted by Crippen LogP contribution is -2.17. The molecule has 20 heavy (non-hydrogen) atoms. The highest BCUT2D eigenvalue weighted by atomic mass is 18.2. The number of amides is 2. The minimum absolute atomic E-state index is 0.107. The second-order valence-corrected chi connectivity index (χ2v) is 4.50. The van der Waals surface area contributed by atoms with Crippen LogP contribution in [0.15, 0.2) is 24.3 Å². The van der Waals surface area contributed by atoms with Crippen molar-refractivity contribution in [2.75, 3.05) is 5.32 Å². The molecule has 0 aliphatic carbocycles. The fourth-order valence-electron chi connectivity index (χ4n) is 1.74. The topological polar surface area (TPSA) is 78.4 Å². The summed E-state index contributed by atoms with van der Waals surface area (Å²) in [6, 6.07) is 5.62. The maximum absolute atomic E-state index is 12.7. The van der Waals surface area contributed by atoms with E-state index in [1.165, 1.54) is 24.3 Å². The van der Waals surface area contributed by atoms with Crippen LogP contribution < -0.4 is 10.8 Å². The smallest absolute Gasteiger partial charge is 0.243 e. The molecule has 6 heteroatoms. The summed E-state index contributed by atoms with van der Waals surface area (Å²) < 4.78 is 12.7. The molecular formula is C14H19FN2O3.